The molecule has 0 N–H and O–H groups in total. The second-order valence-corrected chi connectivity index (χ2v) is 3.56. The van der Waals surface area contributed by atoms with Gasteiger partial charge in [0.05, 0.1) is 0 Å². The molecular formula is C19H38. The predicted octanol–water partition coefficient (Wildman–Crippen LogP) is 7.60. The molecule has 0 heterocycles. The normalized spacial score (nSPS) is 9.95. The van der Waals surface area contributed by atoms with Gasteiger partial charge in [0.15, 0.2) is 0 Å². The van der Waals surface area contributed by atoms with Crippen molar-refractivity contribution in [3.05, 3.63) is 42.5 Å². The first-order valence-corrected chi connectivity index (χ1v) is 7.01. The zero-order valence-corrected chi connectivity index (χ0v) is 12.4. The van der Waals surface area contributed by atoms with Crippen LogP contribution < -0.4 is 0 Å². The third-order valence-electron chi connectivity index (χ3n) is 2.27. The average Bonchev–Trinajstić information content (AvgIpc) is 2.33. The lowest BCUT2D eigenvalue weighted by Gasteiger charge is -2.05. The molecule has 1 aliphatic carbocycles. The van der Waals surface area contributed by atoms with Gasteiger partial charge in [0.2, 0.25) is 0 Å². The number of benzene rings is 1. The molecule has 1 aliphatic rings. The van der Waals surface area contributed by atoms with Gasteiger partial charge in [0.25, 0.3) is 0 Å². The van der Waals surface area contributed by atoms with Crippen molar-refractivity contribution in [3.63, 3.8) is 0 Å². The number of allylic oxidation sites excluding steroid dienone is 1. The van der Waals surface area contributed by atoms with Gasteiger partial charge in [0, 0.05) is 0 Å². The molecule has 0 saturated heterocycles. The van der Waals surface area contributed by atoms with E-state index in [-0.39, 0.29) is 14.9 Å². The zero-order chi connectivity index (χ0) is 13.5. The van der Waals surface area contributed by atoms with Gasteiger partial charge in [-0.2, -0.15) is 0 Å². The van der Waals surface area contributed by atoms with Crippen molar-refractivity contribution in [2.45, 2.75) is 75.2 Å². The van der Waals surface area contributed by atoms with Crippen molar-refractivity contribution >= 4 is 5.57 Å². The Bertz CT molecular complexity index is 238. The van der Waals surface area contributed by atoms with E-state index in [1.165, 1.54) is 31.2 Å². The molecule has 1 saturated carbocycles. The van der Waals surface area contributed by atoms with Crippen LogP contribution in [0.1, 0.15) is 80.7 Å². The van der Waals surface area contributed by atoms with Crippen LogP contribution in [0.25, 0.3) is 5.57 Å². The maximum Gasteiger partial charge on any atom is -0.0233 e. The lowest BCUT2D eigenvalue weighted by molar-refractivity contribution is 0.504. The van der Waals surface area contributed by atoms with Crippen LogP contribution in [0.4, 0.5) is 0 Å². The molecule has 114 valence electrons. The number of hydrogen-bond donors (Lipinski definition) is 0. The van der Waals surface area contributed by atoms with Crippen molar-refractivity contribution in [2.24, 2.45) is 0 Å². The molecule has 0 aliphatic heterocycles. The molecule has 0 aromatic heterocycles. The van der Waals surface area contributed by atoms with Gasteiger partial charge in [-0.05, 0) is 12.5 Å². The lowest BCUT2D eigenvalue weighted by atomic mass is 10.0. The summed E-state index contributed by atoms with van der Waals surface area (Å²) in [7, 11) is 0. The maximum atomic E-state index is 3.83. The molecule has 1 fully saturated rings. The molecule has 0 amide bonds. The van der Waals surface area contributed by atoms with Crippen LogP contribution in [0.5, 0.6) is 0 Å². The summed E-state index contributed by atoms with van der Waals surface area (Å²) in [5.74, 6) is 0. The van der Waals surface area contributed by atoms with Crippen LogP contribution >= 0.6 is 0 Å². The molecule has 1 aromatic rings. The fourth-order valence-corrected chi connectivity index (χ4v) is 0.973. The monoisotopic (exact) mass is 266 g/mol. The van der Waals surface area contributed by atoms with E-state index < -0.39 is 0 Å². The molecule has 2 rings (SSSR count). The minimum atomic E-state index is 0. The molecule has 19 heavy (non-hydrogen) atoms. The zero-order valence-electron chi connectivity index (χ0n) is 12.4. The molecule has 0 nitrogen and oxygen atoms in total. The summed E-state index contributed by atoms with van der Waals surface area (Å²) in [5, 5.41) is 0. The Morgan fingerprint density at radius 2 is 1.11 bits per heavy atom. The summed E-state index contributed by atoms with van der Waals surface area (Å²) in [6, 6.07) is 10.2. The van der Waals surface area contributed by atoms with Crippen molar-refractivity contribution in [1.82, 2.24) is 0 Å². The van der Waals surface area contributed by atoms with Crippen molar-refractivity contribution < 1.29 is 0 Å². The number of hydrogen-bond acceptors (Lipinski definition) is 0. The van der Waals surface area contributed by atoms with Gasteiger partial charge in [-0.1, -0.05) is 111 Å². The average molecular weight is 267 g/mol. The van der Waals surface area contributed by atoms with Crippen LogP contribution in [-0.4, -0.2) is 0 Å². The van der Waals surface area contributed by atoms with E-state index in [1.54, 1.807) is 0 Å². The van der Waals surface area contributed by atoms with E-state index in [0.717, 1.165) is 5.57 Å². The van der Waals surface area contributed by atoms with Crippen LogP contribution in [0.15, 0.2) is 36.9 Å². The highest BCUT2D eigenvalue weighted by atomic mass is 14.0. The van der Waals surface area contributed by atoms with E-state index in [0.29, 0.717) is 0 Å². The van der Waals surface area contributed by atoms with Crippen molar-refractivity contribution in [3.8, 4) is 0 Å². The van der Waals surface area contributed by atoms with Crippen LogP contribution in [-0.2, 0) is 0 Å². The third-order valence-corrected chi connectivity index (χ3v) is 2.27. The minimum absolute atomic E-state index is 0. The van der Waals surface area contributed by atoms with Crippen LogP contribution in [0, 0.1) is 0 Å². The highest BCUT2D eigenvalue weighted by molar-refractivity contribution is 5.60. The molecule has 0 bridgehead atoms. The first-order valence-electron chi connectivity index (χ1n) is 7.01. The van der Waals surface area contributed by atoms with Crippen molar-refractivity contribution in [1.29, 1.82) is 0 Å². The molecule has 0 radical (unpaired) electrons. The fourth-order valence-electron chi connectivity index (χ4n) is 0.973. The van der Waals surface area contributed by atoms with E-state index in [2.05, 4.69) is 18.7 Å². The van der Waals surface area contributed by atoms with Gasteiger partial charge in [0.1, 0.15) is 0 Å². The maximum absolute atomic E-state index is 3.83. The Morgan fingerprint density at radius 1 is 0.789 bits per heavy atom. The Balaban J connectivity index is -0.0000000963. The molecular weight excluding hydrogens is 228 g/mol. The first kappa shape index (κ1) is 26.5. The Labute approximate surface area is 124 Å². The second kappa shape index (κ2) is 22.2. The van der Waals surface area contributed by atoms with Gasteiger partial charge >= 0.3 is 0 Å². The lowest BCUT2D eigenvalue weighted by Crippen LogP contribution is -1.85. The van der Waals surface area contributed by atoms with Crippen LogP contribution in [0.3, 0.4) is 0 Å². The van der Waals surface area contributed by atoms with E-state index >= 15 is 0 Å². The van der Waals surface area contributed by atoms with Crippen LogP contribution in [0.2, 0.25) is 0 Å². The highest BCUT2D eigenvalue weighted by Gasteiger charge is 1.95. The van der Waals surface area contributed by atoms with E-state index in [9.17, 15) is 0 Å². The summed E-state index contributed by atoms with van der Waals surface area (Å²) in [6.45, 7) is 13.8. The molecule has 0 spiro atoms. The van der Waals surface area contributed by atoms with Gasteiger partial charge in [-0.25, -0.2) is 0 Å². The molecule has 1 aromatic carbocycles. The summed E-state index contributed by atoms with van der Waals surface area (Å²) in [6.07, 6.45) is 6.00. The Hall–Kier alpha value is -1.04. The Morgan fingerprint density at radius 3 is 1.26 bits per heavy atom. The number of rotatable bonds is 1. The summed E-state index contributed by atoms with van der Waals surface area (Å²) in [5.41, 5.74) is 2.34. The standard InChI is InChI=1S/C9H10.C4H8.2C2H6.2CH4/c1-8(2)9-6-4-3-5-7-9;1-2-4-3-1;2*1-2;;/h3-7H,1H2,2H3;1-4H2;2*1-2H3;2*1H4. The first-order chi connectivity index (χ1) is 8.30. The predicted molar refractivity (Wildman–Crippen MR) is 95.8 cm³/mol. The summed E-state index contributed by atoms with van der Waals surface area (Å²) < 4.78 is 0. The fraction of sp³-hybridized carbons (Fsp3) is 0.579. The quantitative estimate of drug-likeness (QED) is 0.490. The minimum Gasteiger partial charge on any atom is -0.0955 e. The Kier molecular flexibility index (Phi) is 30.9. The molecule has 0 atom stereocenters. The summed E-state index contributed by atoms with van der Waals surface area (Å²) >= 11 is 0. The molecule has 0 unspecified atom stereocenters. The van der Waals surface area contributed by atoms with E-state index in [1.807, 2.05) is 52.8 Å². The second-order valence-electron chi connectivity index (χ2n) is 3.56. The van der Waals surface area contributed by atoms with E-state index in [4.69, 9.17) is 0 Å². The van der Waals surface area contributed by atoms with Gasteiger partial charge in [-0.3, -0.25) is 0 Å². The smallest absolute Gasteiger partial charge is 0.0233 e. The van der Waals surface area contributed by atoms with Gasteiger partial charge < -0.3 is 0 Å². The third kappa shape index (κ3) is 17.0. The summed E-state index contributed by atoms with van der Waals surface area (Å²) in [4.78, 5) is 0. The highest BCUT2D eigenvalue weighted by Crippen LogP contribution is 2.15. The SMILES string of the molecule is C.C.C1CCC1.C=C(C)c1ccccc1.CC.CC. The molecule has 0 heteroatoms. The van der Waals surface area contributed by atoms with Crippen molar-refractivity contribution in [2.75, 3.05) is 0 Å². The van der Waals surface area contributed by atoms with Gasteiger partial charge in [-0.15, -0.1) is 0 Å². The largest absolute Gasteiger partial charge is 0.0955 e. The topological polar surface area (TPSA) is 0 Å².